The van der Waals surface area contributed by atoms with E-state index in [0.29, 0.717) is 10.2 Å². The van der Waals surface area contributed by atoms with Crippen molar-refractivity contribution in [3.63, 3.8) is 0 Å². The number of piperidine rings is 1. The topological polar surface area (TPSA) is 63.1 Å². The highest BCUT2D eigenvalue weighted by Crippen LogP contribution is 2.40. The summed E-state index contributed by atoms with van der Waals surface area (Å²) in [6.07, 6.45) is 3.29. The Morgan fingerprint density at radius 1 is 1.10 bits per heavy atom. The third-order valence-electron chi connectivity index (χ3n) is 6.03. The standard InChI is InChI=1S/C23H24ClN5OS/c1-15-7-5-6-14-28(15)22(30)20-19(16-10-12-18(24)13-11-16)27-29-21(25-26-23(29)31-20)17-8-3-2-4-9-17/h2-4,8-13,15,19-20,27H,5-7,14H2,1H3. The smallest absolute Gasteiger partial charge is 0.238 e. The number of halogens is 1. The minimum Gasteiger partial charge on any atom is -0.339 e. The molecule has 0 bridgehead atoms. The lowest BCUT2D eigenvalue weighted by atomic mass is 9.99. The number of likely N-dealkylation sites (tertiary alicyclic amines) is 1. The predicted molar refractivity (Wildman–Crippen MR) is 124 cm³/mol. The molecule has 2 aliphatic rings. The number of hydrogen-bond acceptors (Lipinski definition) is 5. The van der Waals surface area contributed by atoms with Crippen molar-refractivity contribution in [2.24, 2.45) is 0 Å². The number of carbonyl (C=O) groups is 1. The zero-order valence-corrected chi connectivity index (χ0v) is 18.8. The SMILES string of the molecule is CC1CCCCN1C(=O)C1Sc2nnc(-c3ccccc3)n2NC1c1ccc(Cl)cc1. The molecule has 2 aromatic carbocycles. The van der Waals surface area contributed by atoms with Gasteiger partial charge in [-0.3, -0.25) is 4.79 Å². The van der Waals surface area contributed by atoms with Crippen LogP contribution >= 0.6 is 23.4 Å². The number of rotatable bonds is 3. The molecule has 1 aromatic heterocycles. The first kappa shape index (κ1) is 20.4. The summed E-state index contributed by atoms with van der Waals surface area (Å²) in [4.78, 5) is 15.7. The number of amides is 1. The van der Waals surface area contributed by atoms with Crippen molar-refractivity contribution in [1.82, 2.24) is 19.8 Å². The Morgan fingerprint density at radius 3 is 2.61 bits per heavy atom. The van der Waals surface area contributed by atoms with E-state index < -0.39 is 0 Å². The van der Waals surface area contributed by atoms with E-state index in [1.54, 1.807) is 0 Å². The molecule has 3 heterocycles. The zero-order valence-electron chi connectivity index (χ0n) is 17.2. The van der Waals surface area contributed by atoms with Gasteiger partial charge in [0.15, 0.2) is 5.82 Å². The third-order valence-corrected chi connectivity index (χ3v) is 7.48. The molecular formula is C23H24ClN5OS. The third kappa shape index (κ3) is 3.92. The molecule has 0 saturated carbocycles. The van der Waals surface area contributed by atoms with Gasteiger partial charge in [0.1, 0.15) is 5.25 Å². The molecule has 5 rings (SSSR count). The molecule has 160 valence electrons. The van der Waals surface area contributed by atoms with Gasteiger partial charge in [0.05, 0.1) is 6.04 Å². The number of benzene rings is 2. The summed E-state index contributed by atoms with van der Waals surface area (Å²) in [7, 11) is 0. The molecule has 31 heavy (non-hydrogen) atoms. The lowest BCUT2D eigenvalue weighted by Gasteiger charge is -2.39. The molecular weight excluding hydrogens is 430 g/mol. The summed E-state index contributed by atoms with van der Waals surface area (Å²) in [5.74, 6) is 0.888. The van der Waals surface area contributed by atoms with Crippen LogP contribution in [0, 0.1) is 0 Å². The fourth-order valence-corrected chi connectivity index (χ4v) is 5.60. The molecule has 0 spiro atoms. The molecule has 6 nitrogen and oxygen atoms in total. The number of thioether (sulfide) groups is 1. The Balaban J connectivity index is 1.53. The number of aromatic nitrogens is 3. The summed E-state index contributed by atoms with van der Waals surface area (Å²) in [5.41, 5.74) is 5.53. The number of fused-ring (bicyclic) bond motifs is 1. The van der Waals surface area contributed by atoms with Gasteiger partial charge in [-0.25, -0.2) is 4.68 Å². The summed E-state index contributed by atoms with van der Waals surface area (Å²) in [6.45, 7) is 2.96. The Hall–Kier alpha value is -2.51. The maximum absolute atomic E-state index is 13.7. The molecule has 1 amide bonds. The number of nitrogens with one attached hydrogen (secondary N) is 1. The Bertz CT molecular complexity index is 1070. The monoisotopic (exact) mass is 453 g/mol. The quantitative estimate of drug-likeness (QED) is 0.619. The minimum atomic E-state index is -0.331. The number of nitrogens with zero attached hydrogens (tertiary/aromatic N) is 4. The van der Waals surface area contributed by atoms with Gasteiger partial charge in [-0.05, 0) is 43.9 Å². The van der Waals surface area contributed by atoms with Gasteiger partial charge in [-0.1, -0.05) is 65.8 Å². The van der Waals surface area contributed by atoms with Gasteiger partial charge in [0.2, 0.25) is 11.1 Å². The van der Waals surface area contributed by atoms with Crippen molar-refractivity contribution in [1.29, 1.82) is 0 Å². The van der Waals surface area contributed by atoms with Crippen LogP contribution in [0.3, 0.4) is 0 Å². The minimum absolute atomic E-state index is 0.153. The van der Waals surface area contributed by atoms with E-state index in [1.165, 1.54) is 18.2 Å². The number of carbonyl (C=O) groups excluding carboxylic acids is 1. The predicted octanol–water partition coefficient (Wildman–Crippen LogP) is 4.76. The van der Waals surface area contributed by atoms with Crippen molar-refractivity contribution < 1.29 is 4.79 Å². The van der Waals surface area contributed by atoms with Crippen LogP contribution < -0.4 is 5.43 Å². The van der Waals surface area contributed by atoms with Crippen LogP contribution in [0.25, 0.3) is 11.4 Å². The van der Waals surface area contributed by atoms with Gasteiger partial charge in [-0.2, -0.15) is 0 Å². The Morgan fingerprint density at radius 2 is 1.87 bits per heavy atom. The summed E-state index contributed by atoms with van der Waals surface area (Å²) < 4.78 is 1.91. The molecule has 2 aliphatic heterocycles. The lowest BCUT2D eigenvalue weighted by Crippen LogP contribution is -2.50. The first-order valence-corrected chi connectivity index (χ1v) is 11.9. The molecule has 1 fully saturated rings. The van der Waals surface area contributed by atoms with Crippen molar-refractivity contribution in [2.45, 2.75) is 48.7 Å². The normalized spacial score (nSPS) is 23.2. The fourth-order valence-electron chi connectivity index (χ4n) is 4.33. The molecule has 8 heteroatoms. The molecule has 0 aliphatic carbocycles. The first-order valence-electron chi connectivity index (χ1n) is 10.6. The average Bonchev–Trinajstić information content (AvgIpc) is 3.22. The largest absolute Gasteiger partial charge is 0.339 e. The maximum atomic E-state index is 13.7. The highest BCUT2D eigenvalue weighted by Gasteiger charge is 2.41. The van der Waals surface area contributed by atoms with Gasteiger partial charge in [0, 0.05) is 23.2 Å². The second kappa shape index (κ2) is 8.55. The van der Waals surface area contributed by atoms with Gasteiger partial charge >= 0.3 is 0 Å². The van der Waals surface area contributed by atoms with Crippen molar-refractivity contribution in [2.75, 3.05) is 12.0 Å². The van der Waals surface area contributed by atoms with Crippen LogP contribution in [0.2, 0.25) is 5.02 Å². The van der Waals surface area contributed by atoms with Crippen molar-refractivity contribution >= 4 is 29.3 Å². The van der Waals surface area contributed by atoms with E-state index >= 15 is 0 Å². The Kier molecular flexibility index (Phi) is 5.63. The van der Waals surface area contributed by atoms with Crippen LogP contribution in [0.15, 0.2) is 59.8 Å². The van der Waals surface area contributed by atoms with Gasteiger partial charge in [-0.15, -0.1) is 10.2 Å². The van der Waals surface area contributed by atoms with Crippen LogP contribution in [-0.2, 0) is 4.79 Å². The van der Waals surface area contributed by atoms with Crippen LogP contribution in [0.5, 0.6) is 0 Å². The highest BCUT2D eigenvalue weighted by molar-refractivity contribution is 8.00. The van der Waals surface area contributed by atoms with Crippen LogP contribution in [0.1, 0.15) is 37.8 Å². The second-order valence-electron chi connectivity index (χ2n) is 8.08. The summed E-state index contributed by atoms with van der Waals surface area (Å²) >= 11 is 7.62. The average molecular weight is 454 g/mol. The summed E-state index contributed by atoms with van der Waals surface area (Å²) in [6, 6.07) is 17.7. The Labute approximate surface area is 191 Å². The van der Waals surface area contributed by atoms with Crippen LogP contribution in [0.4, 0.5) is 0 Å². The molecule has 3 unspecified atom stereocenters. The summed E-state index contributed by atoms with van der Waals surface area (Å²) in [5, 5.41) is 9.85. The molecule has 3 atom stereocenters. The van der Waals surface area contributed by atoms with Crippen molar-refractivity contribution in [3.8, 4) is 11.4 Å². The highest BCUT2D eigenvalue weighted by atomic mass is 35.5. The lowest BCUT2D eigenvalue weighted by molar-refractivity contribution is -0.134. The first-order chi connectivity index (χ1) is 15.1. The fraction of sp³-hybridized carbons (Fsp3) is 0.348. The molecule has 3 aromatic rings. The van der Waals surface area contributed by atoms with Gasteiger partial charge in [0.25, 0.3) is 0 Å². The second-order valence-corrected chi connectivity index (χ2v) is 9.63. The molecule has 0 radical (unpaired) electrons. The molecule has 1 saturated heterocycles. The molecule has 1 N–H and O–H groups in total. The van der Waals surface area contributed by atoms with E-state index in [0.717, 1.165) is 36.3 Å². The van der Waals surface area contributed by atoms with E-state index in [9.17, 15) is 4.79 Å². The van der Waals surface area contributed by atoms with E-state index in [-0.39, 0.29) is 23.2 Å². The van der Waals surface area contributed by atoms with Crippen molar-refractivity contribution in [3.05, 3.63) is 65.2 Å². The van der Waals surface area contributed by atoms with E-state index in [1.807, 2.05) is 64.2 Å². The zero-order chi connectivity index (χ0) is 21.4. The van der Waals surface area contributed by atoms with E-state index in [4.69, 9.17) is 11.6 Å². The van der Waals surface area contributed by atoms with Crippen LogP contribution in [-0.4, -0.2) is 43.5 Å². The van der Waals surface area contributed by atoms with Gasteiger partial charge < -0.3 is 10.3 Å². The maximum Gasteiger partial charge on any atom is 0.238 e. The number of hydrogen-bond donors (Lipinski definition) is 1. The van der Waals surface area contributed by atoms with E-state index in [2.05, 4.69) is 22.5 Å².